The molecule has 0 saturated heterocycles. The van der Waals surface area contributed by atoms with Gasteiger partial charge in [-0.3, -0.25) is 4.98 Å². The quantitative estimate of drug-likeness (QED) is 0.815. The molecule has 0 amide bonds. The normalized spacial score (nSPS) is 12.3. The maximum atomic E-state index is 4.34. The van der Waals surface area contributed by atoms with Crippen molar-refractivity contribution in [1.82, 2.24) is 10.3 Å². The van der Waals surface area contributed by atoms with Crippen molar-refractivity contribution >= 4 is 0 Å². The minimum Gasteiger partial charge on any atom is -0.310 e. The molecule has 1 atom stereocenters. The summed E-state index contributed by atoms with van der Waals surface area (Å²) < 4.78 is 0. The van der Waals surface area contributed by atoms with Gasteiger partial charge in [0.25, 0.3) is 0 Å². The lowest BCUT2D eigenvalue weighted by Crippen LogP contribution is -2.23. The molecule has 21 heavy (non-hydrogen) atoms. The van der Waals surface area contributed by atoms with Gasteiger partial charge in [-0.05, 0) is 56.3 Å². The highest BCUT2D eigenvalue weighted by molar-refractivity contribution is 5.23. The molecule has 112 valence electrons. The predicted octanol–water partition coefficient (Wildman–Crippen LogP) is 4.37. The molecule has 0 saturated carbocycles. The van der Waals surface area contributed by atoms with Crippen LogP contribution < -0.4 is 5.32 Å². The summed E-state index contributed by atoms with van der Waals surface area (Å²) in [6.45, 7) is 7.49. The second-order valence-electron chi connectivity index (χ2n) is 5.83. The third-order valence-electron chi connectivity index (χ3n) is 3.78. The fourth-order valence-electron chi connectivity index (χ4n) is 2.54. The zero-order valence-electron chi connectivity index (χ0n) is 13.4. The van der Waals surface area contributed by atoms with E-state index >= 15 is 0 Å². The molecule has 1 heterocycles. The van der Waals surface area contributed by atoms with Gasteiger partial charge in [-0.25, -0.2) is 0 Å². The molecule has 2 nitrogen and oxygen atoms in total. The Morgan fingerprint density at radius 3 is 2.48 bits per heavy atom. The van der Waals surface area contributed by atoms with Gasteiger partial charge >= 0.3 is 0 Å². The minimum absolute atomic E-state index is 0.388. The summed E-state index contributed by atoms with van der Waals surface area (Å²) in [6, 6.07) is 11.5. The third-order valence-corrected chi connectivity index (χ3v) is 3.78. The fourth-order valence-corrected chi connectivity index (χ4v) is 2.54. The van der Waals surface area contributed by atoms with Crippen LogP contribution in [-0.4, -0.2) is 11.5 Å². The van der Waals surface area contributed by atoms with Crippen molar-refractivity contribution in [2.75, 3.05) is 6.54 Å². The van der Waals surface area contributed by atoms with Gasteiger partial charge in [-0.1, -0.05) is 42.8 Å². The van der Waals surface area contributed by atoms with Crippen molar-refractivity contribution in [3.05, 3.63) is 65.0 Å². The van der Waals surface area contributed by atoms with Crippen LogP contribution in [0, 0.1) is 13.8 Å². The Labute approximate surface area is 128 Å². The highest BCUT2D eigenvalue weighted by atomic mass is 14.9. The van der Waals surface area contributed by atoms with Crippen LogP contribution in [-0.2, 0) is 6.42 Å². The van der Waals surface area contributed by atoms with Crippen molar-refractivity contribution in [3.63, 3.8) is 0 Å². The standard InChI is InChI=1S/C19H26N2/c1-4-11-21-19(18-12-16(3)13-20-14-18)10-9-17-7-5-15(2)6-8-17/h5-8,12-14,19,21H,4,9-11H2,1-3H3. The van der Waals surface area contributed by atoms with Gasteiger partial charge in [0.2, 0.25) is 0 Å². The molecule has 0 bridgehead atoms. The van der Waals surface area contributed by atoms with Gasteiger partial charge in [-0.2, -0.15) is 0 Å². The summed E-state index contributed by atoms with van der Waals surface area (Å²) in [7, 11) is 0. The molecule has 2 heteroatoms. The van der Waals surface area contributed by atoms with E-state index < -0.39 is 0 Å². The van der Waals surface area contributed by atoms with E-state index in [1.54, 1.807) is 0 Å². The zero-order valence-corrected chi connectivity index (χ0v) is 13.4. The van der Waals surface area contributed by atoms with Gasteiger partial charge < -0.3 is 5.32 Å². The van der Waals surface area contributed by atoms with E-state index in [0.717, 1.165) is 25.8 Å². The van der Waals surface area contributed by atoms with Crippen molar-refractivity contribution in [2.45, 2.75) is 46.1 Å². The smallest absolute Gasteiger partial charge is 0.0338 e. The highest BCUT2D eigenvalue weighted by Crippen LogP contribution is 2.20. The van der Waals surface area contributed by atoms with Crippen molar-refractivity contribution in [3.8, 4) is 0 Å². The molecule has 1 aromatic heterocycles. The summed E-state index contributed by atoms with van der Waals surface area (Å²) in [5.74, 6) is 0. The van der Waals surface area contributed by atoms with E-state index in [2.05, 4.69) is 61.4 Å². The van der Waals surface area contributed by atoms with Crippen LogP contribution in [0.25, 0.3) is 0 Å². The molecule has 2 aromatic rings. The maximum absolute atomic E-state index is 4.34. The molecular weight excluding hydrogens is 256 g/mol. The largest absolute Gasteiger partial charge is 0.310 e. The molecule has 0 aliphatic rings. The van der Waals surface area contributed by atoms with E-state index in [-0.39, 0.29) is 0 Å². The second-order valence-corrected chi connectivity index (χ2v) is 5.83. The minimum atomic E-state index is 0.388. The summed E-state index contributed by atoms with van der Waals surface area (Å²) >= 11 is 0. The molecular formula is C19H26N2. The van der Waals surface area contributed by atoms with Gasteiger partial charge in [-0.15, -0.1) is 0 Å². The lowest BCUT2D eigenvalue weighted by molar-refractivity contribution is 0.498. The molecule has 1 aromatic carbocycles. The topological polar surface area (TPSA) is 24.9 Å². The SMILES string of the molecule is CCCNC(CCc1ccc(C)cc1)c1cncc(C)c1. The van der Waals surface area contributed by atoms with E-state index in [4.69, 9.17) is 0 Å². The zero-order chi connectivity index (χ0) is 15.1. The molecule has 0 radical (unpaired) electrons. The lowest BCUT2D eigenvalue weighted by atomic mass is 9.99. The first kappa shape index (κ1) is 15.7. The number of pyridine rings is 1. The van der Waals surface area contributed by atoms with E-state index in [9.17, 15) is 0 Å². The first-order valence-corrected chi connectivity index (χ1v) is 7.89. The molecule has 1 N–H and O–H groups in total. The van der Waals surface area contributed by atoms with Crippen molar-refractivity contribution in [1.29, 1.82) is 0 Å². The Bertz CT molecular complexity index is 546. The van der Waals surface area contributed by atoms with Crippen LogP contribution >= 0.6 is 0 Å². The Balaban J connectivity index is 2.04. The number of aromatic nitrogens is 1. The molecule has 0 fully saturated rings. The Kier molecular flexibility index (Phi) is 5.94. The average Bonchev–Trinajstić information content (AvgIpc) is 2.49. The number of rotatable bonds is 7. The lowest BCUT2D eigenvalue weighted by Gasteiger charge is -2.19. The van der Waals surface area contributed by atoms with Crippen LogP contribution in [0.15, 0.2) is 42.7 Å². The number of hydrogen-bond donors (Lipinski definition) is 1. The third kappa shape index (κ3) is 4.98. The summed E-state index contributed by atoms with van der Waals surface area (Å²) in [4.78, 5) is 4.34. The summed E-state index contributed by atoms with van der Waals surface area (Å²) in [5.41, 5.74) is 5.26. The first-order chi connectivity index (χ1) is 10.2. The van der Waals surface area contributed by atoms with Crippen molar-refractivity contribution in [2.24, 2.45) is 0 Å². The highest BCUT2D eigenvalue weighted by Gasteiger charge is 2.11. The van der Waals surface area contributed by atoms with Gasteiger partial charge in [0, 0.05) is 18.4 Å². The van der Waals surface area contributed by atoms with E-state index in [1.807, 2.05) is 12.4 Å². The number of aryl methyl sites for hydroxylation is 3. The van der Waals surface area contributed by atoms with Crippen LogP contribution in [0.4, 0.5) is 0 Å². The molecule has 0 aliphatic carbocycles. The van der Waals surface area contributed by atoms with Gasteiger partial charge in [0.05, 0.1) is 0 Å². The predicted molar refractivity (Wildman–Crippen MR) is 89.5 cm³/mol. The number of nitrogens with zero attached hydrogens (tertiary/aromatic N) is 1. The molecule has 0 aliphatic heterocycles. The van der Waals surface area contributed by atoms with Crippen LogP contribution in [0.3, 0.4) is 0 Å². The first-order valence-electron chi connectivity index (χ1n) is 7.89. The van der Waals surface area contributed by atoms with Gasteiger partial charge in [0.15, 0.2) is 0 Å². The van der Waals surface area contributed by atoms with Gasteiger partial charge in [0.1, 0.15) is 0 Å². The Morgan fingerprint density at radius 1 is 1.05 bits per heavy atom. The Morgan fingerprint density at radius 2 is 1.81 bits per heavy atom. The van der Waals surface area contributed by atoms with Crippen LogP contribution in [0.2, 0.25) is 0 Å². The maximum Gasteiger partial charge on any atom is 0.0338 e. The second kappa shape index (κ2) is 7.94. The summed E-state index contributed by atoms with van der Waals surface area (Å²) in [6.07, 6.45) is 7.26. The monoisotopic (exact) mass is 282 g/mol. The number of nitrogens with one attached hydrogen (secondary N) is 1. The number of hydrogen-bond acceptors (Lipinski definition) is 2. The molecule has 1 unspecified atom stereocenters. The average molecular weight is 282 g/mol. The Hall–Kier alpha value is -1.67. The van der Waals surface area contributed by atoms with E-state index in [0.29, 0.717) is 6.04 Å². The summed E-state index contributed by atoms with van der Waals surface area (Å²) in [5, 5.41) is 3.65. The van der Waals surface area contributed by atoms with E-state index in [1.165, 1.54) is 22.3 Å². The number of benzene rings is 1. The van der Waals surface area contributed by atoms with Crippen LogP contribution in [0.1, 0.15) is 48.1 Å². The van der Waals surface area contributed by atoms with Crippen molar-refractivity contribution < 1.29 is 0 Å². The molecule has 0 spiro atoms. The van der Waals surface area contributed by atoms with Crippen LogP contribution in [0.5, 0.6) is 0 Å². The molecule has 2 rings (SSSR count). The fraction of sp³-hybridized carbons (Fsp3) is 0.421.